The normalized spacial score (nSPS) is 24.3. The fourth-order valence-electron chi connectivity index (χ4n) is 1.92. The predicted octanol–water partition coefficient (Wildman–Crippen LogP) is -0.547. The fourth-order valence-corrected chi connectivity index (χ4v) is 2.75. The summed E-state index contributed by atoms with van der Waals surface area (Å²) in [4.78, 5) is 4.25. The molecule has 3 N–H and O–H groups in total. The average Bonchev–Trinajstić information content (AvgIpc) is 2.67. The lowest BCUT2D eigenvalue weighted by atomic mass is 10.1. The maximum atomic E-state index is 10.3. The molecule has 2 heterocycles. The zero-order chi connectivity index (χ0) is 13.6. The van der Waals surface area contributed by atoms with Crippen LogP contribution in [0.1, 0.15) is 0 Å². The minimum atomic E-state index is -0.801. The van der Waals surface area contributed by atoms with Crippen molar-refractivity contribution < 1.29 is 9.84 Å². The molecule has 1 aliphatic heterocycles. The lowest BCUT2D eigenvalue weighted by molar-refractivity contribution is -0.0258. The number of nitrogens with zero attached hydrogens (tertiary/aromatic N) is 2. The molecule has 1 atom stereocenters. The summed E-state index contributed by atoms with van der Waals surface area (Å²) in [5.74, 6) is 0.926. The van der Waals surface area contributed by atoms with Crippen molar-refractivity contribution in [3.63, 3.8) is 0 Å². The maximum absolute atomic E-state index is 10.3. The molecule has 0 saturated carbocycles. The molecule has 1 aromatic heterocycles. The molecule has 7 heteroatoms. The molecule has 0 aliphatic carbocycles. The van der Waals surface area contributed by atoms with Crippen LogP contribution in [0.15, 0.2) is 17.6 Å². The van der Waals surface area contributed by atoms with E-state index in [4.69, 9.17) is 4.74 Å². The summed E-state index contributed by atoms with van der Waals surface area (Å²) in [6.45, 7) is 3.81. The number of aromatic nitrogens is 2. The van der Waals surface area contributed by atoms with Gasteiger partial charge in [0.05, 0.1) is 13.2 Å². The van der Waals surface area contributed by atoms with Crippen molar-refractivity contribution in [2.24, 2.45) is 7.05 Å². The average molecular weight is 286 g/mol. The van der Waals surface area contributed by atoms with E-state index >= 15 is 0 Å². The molecule has 1 fully saturated rings. The summed E-state index contributed by atoms with van der Waals surface area (Å²) in [5, 5.41) is 17.8. The number of hydrogen-bond acceptors (Lipinski definition) is 6. The molecule has 1 aromatic rings. The number of ether oxygens (including phenoxy) is 1. The Morgan fingerprint density at radius 3 is 3.37 bits per heavy atom. The van der Waals surface area contributed by atoms with Crippen molar-refractivity contribution >= 4 is 11.8 Å². The molecule has 2 rings (SSSR count). The number of β-amino-alcohol motifs (C(OH)–C–C–N with tert-alkyl or cyclic N) is 1. The Bertz CT molecular complexity index is 378. The molecular formula is C12H22N4O2S. The molecule has 0 unspecified atom stereocenters. The van der Waals surface area contributed by atoms with Gasteiger partial charge in [0.2, 0.25) is 0 Å². The van der Waals surface area contributed by atoms with Gasteiger partial charge in [-0.05, 0) is 0 Å². The summed E-state index contributed by atoms with van der Waals surface area (Å²) in [5.41, 5.74) is -0.801. The second kappa shape index (κ2) is 7.25. The molecular weight excluding hydrogens is 264 g/mol. The molecule has 6 nitrogen and oxygen atoms in total. The minimum absolute atomic E-state index is 0.388. The van der Waals surface area contributed by atoms with Gasteiger partial charge < -0.3 is 25.0 Å². The zero-order valence-corrected chi connectivity index (χ0v) is 12.1. The van der Waals surface area contributed by atoms with Crippen LogP contribution in [0.5, 0.6) is 0 Å². The van der Waals surface area contributed by atoms with Gasteiger partial charge in [0.25, 0.3) is 0 Å². The van der Waals surface area contributed by atoms with Crippen molar-refractivity contribution in [2.75, 3.05) is 45.1 Å². The predicted molar refractivity (Wildman–Crippen MR) is 75.4 cm³/mol. The van der Waals surface area contributed by atoms with Gasteiger partial charge in [-0.25, -0.2) is 4.98 Å². The Morgan fingerprint density at radius 1 is 1.68 bits per heavy atom. The highest BCUT2D eigenvalue weighted by molar-refractivity contribution is 7.99. The Labute approximate surface area is 117 Å². The van der Waals surface area contributed by atoms with Crippen molar-refractivity contribution in [1.82, 2.24) is 20.2 Å². The first kappa shape index (κ1) is 14.8. The molecule has 0 amide bonds. The quantitative estimate of drug-likeness (QED) is 0.482. The van der Waals surface area contributed by atoms with Gasteiger partial charge in [0.1, 0.15) is 5.60 Å². The topological polar surface area (TPSA) is 71.3 Å². The van der Waals surface area contributed by atoms with Crippen LogP contribution in [0.25, 0.3) is 0 Å². The van der Waals surface area contributed by atoms with Gasteiger partial charge in [-0.15, -0.1) is 0 Å². The highest BCUT2D eigenvalue weighted by atomic mass is 32.2. The standard InChI is InChI=1S/C12H22N4O2S/c1-16-5-2-15-11(16)19-7-4-14-9-12(17)8-13-3-6-18-10-12/h2,5,13-14,17H,3-4,6-10H2,1H3/t12-/m0/s1. The fraction of sp³-hybridized carbons (Fsp3) is 0.750. The molecule has 0 bridgehead atoms. The van der Waals surface area contributed by atoms with Crippen LogP contribution in [-0.2, 0) is 11.8 Å². The Morgan fingerprint density at radius 2 is 2.58 bits per heavy atom. The molecule has 1 aliphatic rings. The van der Waals surface area contributed by atoms with E-state index in [1.807, 2.05) is 17.8 Å². The minimum Gasteiger partial charge on any atom is -0.385 e. The molecule has 0 radical (unpaired) electrons. The van der Waals surface area contributed by atoms with Crippen LogP contribution in [-0.4, -0.2) is 65.4 Å². The Hall–Kier alpha value is -0.600. The zero-order valence-electron chi connectivity index (χ0n) is 11.3. The van der Waals surface area contributed by atoms with Gasteiger partial charge in [-0.1, -0.05) is 11.8 Å². The van der Waals surface area contributed by atoms with Gasteiger partial charge in [-0.2, -0.15) is 0 Å². The summed E-state index contributed by atoms with van der Waals surface area (Å²) >= 11 is 1.70. The van der Waals surface area contributed by atoms with Crippen LogP contribution in [0, 0.1) is 0 Å². The third-order valence-corrected chi connectivity index (χ3v) is 4.05. The van der Waals surface area contributed by atoms with Gasteiger partial charge in [0, 0.05) is 51.4 Å². The monoisotopic (exact) mass is 286 g/mol. The second-order valence-electron chi connectivity index (χ2n) is 4.80. The van der Waals surface area contributed by atoms with E-state index in [-0.39, 0.29) is 0 Å². The number of aryl methyl sites for hydroxylation is 1. The number of aliphatic hydroxyl groups is 1. The highest BCUT2D eigenvalue weighted by Crippen LogP contribution is 2.13. The lowest BCUT2D eigenvalue weighted by Gasteiger charge is -2.26. The van der Waals surface area contributed by atoms with E-state index in [9.17, 15) is 5.11 Å². The summed E-state index contributed by atoms with van der Waals surface area (Å²) in [7, 11) is 1.99. The molecule has 1 saturated heterocycles. The van der Waals surface area contributed by atoms with Crippen LogP contribution >= 0.6 is 11.8 Å². The Kier molecular flexibility index (Phi) is 5.65. The third kappa shape index (κ3) is 4.77. The van der Waals surface area contributed by atoms with Crippen LogP contribution < -0.4 is 10.6 Å². The smallest absolute Gasteiger partial charge is 0.167 e. The molecule has 108 valence electrons. The van der Waals surface area contributed by atoms with Crippen LogP contribution in [0.2, 0.25) is 0 Å². The number of thioether (sulfide) groups is 1. The maximum Gasteiger partial charge on any atom is 0.167 e. The SMILES string of the molecule is Cn1ccnc1SCCNC[C@@]1(O)CNCCOC1. The number of nitrogens with one attached hydrogen (secondary N) is 2. The van der Waals surface area contributed by atoms with Crippen molar-refractivity contribution in [1.29, 1.82) is 0 Å². The van der Waals surface area contributed by atoms with Crippen molar-refractivity contribution in [2.45, 2.75) is 10.8 Å². The van der Waals surface area contributed by atoms with Gasteiger partial charge in [-0.3, -0.25) is 0 Å². The van der Waals surface area contributed by atoms with Gasteiger partial charge in [0.15, 0.2) is 5.16 Å². The second-order valence-corrected chi connectivity index (χ2v) is 5.86. The largest absolute Gasteiger partial charge is 0.385 e. The molecule has 0 spiro atoms. The third-order valence-electron chi connectivity index (χ3n) is 2.99. The van der Waals surface area contributed by atoms with Crippen LogP contribution in [0.3, 0.4) is 0 Å². The molecule has 19 heavy (non-hydrogen) atoms. The van der Waals surface area contributed by atoms with E-state index < -0.39 is 5.60 Å². The van der Waals surface area contributed by atoms with E-state index in [2.05, 4.69) is 15.6 Å². The first-order valence-corrected chi connectivity index (χ1v) is 7.50. The van der Waals surface area contributed by atoms with Crippen molar-refractivity contribution in [3.8, 4) is 0 Å². The Balaban J connectivity index is 1.62. The number of imidazole rings is 1. The van der Waals surface area contributed by atoms with E-state index in [0.29, 0.717) is 26.3 Å². The van der Waals surface area contributed by atoms with Crippen LogP contribution in [0.4, 0.5) is 0 Å². The number of rotatable bonds is 6. The summed E-state index contributed by atoms with van der Waals surface area (Å²) < 4.78 is 7.37. The summed E-state index contributed by atoms with van der Waals surface area (Å²) in [6, 6.07) is 0. The number of hydrogen-bond donors (Lipinski definition) is 3. The lowest BCUT2D eigenvalue weighted by Crippen LogP contribution is -2.50. The first-order valence-electron chi connectivity index (χ1n) is 6.51. The van der Waals surface area contributed by atoms with E-state index in [0.717, 1.165) is 24.0 Å². The van der Waals surface area contributed by atoms with E-state index in [1.54, 1.807) is 18.0 Å². The van der Waals surface area contributed by atoms with Crippen molar-refractivity contribution in [3.05, 3.63) is 12.4 Å². The highest BCUT2D eigenvalue weighted by Gasteiger charge is 2.28. The first-order chi connectivity index (χ1) is 9.20. The molecule has 0 aromatic carbocycles. The summed E-state index contributed by atoms with van der Waals surface area (Å²) in [6.07, 6.45) is 3.74. The van der Waals surface area contributed by atoms with Gasteiger partial charge >= 0.3 is 0 Å². The van der Waals surface area contributed by atoms with E-state index in [1.165, 1.54) is 0 Å².